The maximum Gasteiger partial charge on any atom is 0.206 e. The van der Waals surface area contributed by atoms with E-state index in [0.717, 1.165) is 11.1 Å². The van der Waals surface area contributed by atoms with Gasteiger partial charge in [0.2, 0.25) is 9.84 Å². The van der Waals surface area contributed by atoms with Crippen LogP contribution in [0.1, 0.15) is 31.9 Å². The maximum atomic E-state index is 13.0. The number of hydrogen-bond acceptors (Lipinski definition) is 4. The molecule has 4 nitrogen and oxygen atoms in total. The van der Waals surface area contributed by atoms with Crippen LogP contribution in [0, 0.1) is 6.92 Å². The second-order valence-electron chi connectivity index (χ2n) is 7.53. The van der Waals surface area contributed by atoms with Crippen molar-refractivity contribution >= 4 is 9.84 Å². The fourth-order valence-electron chi connectivity index (χ4n) is 2.58. The Hall–Kier alpha value is -1.85. The van der Waals surface area contributed by atoms with Crippen LogP contribution in [0.25, 0.3) is 0 Å². The van der Waals surface area contributed by atoms with E-state index in [1.807, 2.05) is 25.1 Å². The first-order valence-electron chi connectivity index (χ1n) is 8.38. The smallest absolute Gasteiger partial charge is 0.206 e. The number of ether oxygens (including phenoxy) is 2. The highest BCUT2D eigenvalue weighted by Crippen LogP contribution is 2.29. The quantitative estimate of drug-likeness (QED) is 0.759. The molecule has 0 aliphatic carbocycles. The molecule has 3 rings (SSSR count). The van der Waals surface area contributed by atoms with Gasteiger partial charge in [-0.05, 0) is 53.8 Å². The van der Waals surface area contributed by atoms with Crippen LogP contribution in [-0.4, -0.2) is 27.7 Å². The van der Waals surface area contributed by atoms with Gasteiger partial charge in [-0.3, -0.25) is 0 Å². The first-order chi connectivity index (χ1) is 11.7. The van der Waals surface area contributed by atoms with Gasteiger partial charge in [0.25, 0.3) is 0 Å². The van der Waals surface area contributed by atoms with E-state index in [2.05, 4.69) is 20.8 Å². The van der Waals surface area contributed by atoms with E-state index in [4.69, 9.17) is 9.47 Å². The van der Waals surface area contributed by atoms with Gasteiger partial charge in [0, 0.05) is 0 Å². The highest BCUT2D eigenvalue weighted by atomic mass is 32.2. The third-order valence-electron chi connectivity index (χ3n) is 4.20. The molecule has 0 bridgehead atoms. The molecule has 134 valence electrons. The minimum absolute atomic E-state index is 0.0164. The predicted molar refractivity (Wildman–Crippen MR) is 97.0 cm³/mol. The highest BCUT2D eigenvalue weighted by molar-refractivity contribution is 7.91. The summed E-state index contributed by atoms with van der Waals surface area (Å²) < 4.78 is 36.7. The van der Waals surface area contributed by atoms with Gasteiger partial charge in [0.15, 0.2) is 0 Å². The molecule has 1 aliphatic heterocycles. The molecule has 2 aromatic carbocycles. The zero-order valence-corrected chi connectivity index (χ0v) is 15.9. The Balaban J connectivity index is 1.90. The monoisotopic (exact) mass is 360 g/mol. The second-order valence-corrected chi connectivity index (χ2v) is 9.48. The lowest BCUT2D eigenvalue weighted by atomic mass is 9.87. The highest BCUT2D eigenvalue weighted by Gasteiger charge is 2.24. The Morgan fingerprint density at radius 3 is 2.28 bits per heavy atom. The van der Waals surface area contributed by atoms with Gasteiger partial charge >= 0.3 is 0 Å². The van der Waals surface area contributed by atoms with Gasteiger partial charge in [0.1, 0.15) is 18.5 Å². The molecule has 0 aromatic heterocycles. The van der Waals surface area contributed by atoms with Crippen LogP contribution in [-0.2, 0) is 20.0 Å². The Morgan fingerprint density at radius 2 is 1.72 bits per heavy atom. The normalized spacial score (nSPS) is 17.4. The van der Waals surface area contributed by atoms with Crippen molar-refractivity contribution in [2.75, 3.05) is 13.2 Å². The molecule has 0 N–H and O–H groups in total. The summed E-state index contributed by atoms with van der Waals surface area (Å²) in [7, 11) is -3.58. The van der Waals surface area contributed by atoms with Gasteiger partial charge in [-0.1, -0.05) is 32.9 Å². The van der Waals surface area contributed by atoms with E-state index < -0.39 is 9.84 Å². The van der Waals surface area contributed by atoms with Crippen LogP contribution in [0.5, 0.6) is 5.75 Å². The van der Waals surface area contributed by atoms with E-state index in [-0.39, 0.29) is 16.4 Å². The van der Waals surface area contributed by atoms with Gasteiger partial charge in [-0.25, -0.2) is 8.42 Å². The number of hydrogen-bond donors (Lipinski definition) is 0. The molecule has 0 radical (unpaired) electrons. The van der Waals surface area contributed by atoms with Crippen molar-refractivity contribution < 1.29 is 17.9 Å². The van der Waals surface area contributed by atoms with Crippen molar-refractivity contribution in [2.45, 2.75) is 49.0 Å². The third-order valence-corrected chi connectivity index (χ3v) is 5.95. The minimum Gasteiger partial charge on any atom is -0.491 e. The number of benzene rings is 2. The number of aryl methyl sites for hydroxylation is 1. The summed E-state index contributed by atoms with van der Waals surface area (Å²) in [6, 6.07) is 12.2. The second kappa shape index (κ2) is 6.46. The maximum absolute atomic E-state index is 13.0. The molecule has 1 fully saturated rings. The van der Waals surface area contributed by atoms with E-state index in [9.17, 15) is 8.42 Å². The Labute approximate surface area is 149 Å². The summed E-state index contributed by atoms with van der Waals surface area (Å²) in [4.78, 5) is 0.547. The van der Waals surface area contributed by atoms with Gasteiger partial charge < -0.3 is 9.47 Å². The molecule has 2 aromatic rings. The number of sulfone groups is 1. The Kier molecular flexibility index (Phi) is 4.64. The average Bonchev–Trinajstić information content (AvgIpc) is 3.36. The summed E-state index contributed by atoms with van der Waals surface area (Å²) in [5.41, 5.74) is 1.93. The molecule has 1 heterocycles. The lowest BCUT2D eigenvalue weighted by Gasteiger charge is -2.19. The summed E-state index contributed by atoms with van der Waals surface area (Å²) in [5, 5.41) is 0. The minimum atomic E-state index is -3.58. The zero-order chi connectivity index (χ0) is 18.2. The lowest BCUT2D eigenvalue weighted by Crippen LogP contribution is -2.11. The van der Waals surface area contributed by atoms with Crippen molar-refractivity contribution in [3.8, 4) is 5.75 Å². The van der Waals surface area contributed by atoms with Crippen LogP contribution in [0.4, 0.5) is 0 Å². The van der Waals surface area contributed by atoms with Gasteiger partial charge in [-0.15, -0.1) is 0 Å². The van der Waals surface area contributed by atoms with E-state index in [1.165, 1.54) is 0 Å². The van der Waals surface area contributed by atoms with Crippen LogP contribution >= 0.6 is 0 Å². The fraction of sp³-hybridized carbons (Fsp3) is 0.400. The number of epoxide rings is 1. The van der Waals surface area contributed by atoms with E-state index >= 15 is 0 Å². The topological polar surface area (TPSA) is 55.9 Å². The van der Waals surface area contributed by atoms with Crippen molar-refractivity contribution in [1.82, 2.24) is 0 Å². The molecule has 0 amide bonds. The molecule has 5 heteroatoms. The van der Waals surface area contributed by atoms with Crippen LogP contribution < -0.4 is 4.74 Å². The Morgan fingerprint density at radius 1 is 1.08 bits per heavy atom. The molecule has 1 aliphatic rings. The summed E-state index contributed by atoms with van der Waals surface area (Å²) in [5.74, 6) is 0.556. The Bertz CT molecular complexity index is 858. The van der Waals surface area contributed by atoms with Crippen molar-refractivity contribution in [1.29, 1.82) is 0 Å². The molecule has 1 atom stereocenters. The molecule has 1 saturated heterocycles. The van der Waals surface area contributed by atoms with Crippen molar-refractivity contribution in [3.63, 3.8) is 0 Å². The molecule has 0 spiro atoms. The summed E-state index contributed by atoms with van der Waals surface area (Å²) >= 11 is 0. The van der Waals surface area contributed by atoms with Crippen molar-refractivity contribution in [3.05, 3.63) is 53.6 Å². The molecule has 1 unspecified atom stereocenters. The van der Waals surface area contributed by atoms with Crippen molar-refractivity contribution in [2.24, 2.45) is 0 Å². The predicted octanol–water partition coefficient (Wildman–Crippen LogP) is 3.90. The van der Waals surface area contributed by atoms with Gasteiger partial charge in [-0.2, -0.15) is 0 Å². The van der Waals surface area contributed by atoms with Crippen LogP contribution in [0.2, 0.25) is 0 Å². The first-order valence-corrected chi connectivity index (χ1v) is 9.86. The van der Waals surface area contributed by atoms with E-state index in [0.29, 0.717) is 23.9 Å². The van der Waals surface area contributed by atoms with Gasteiger partial charge in [0.05, 0.1) is 16.4 Å². The largest absolute Gasteiger partial charge is 0.491 e. The lowest BCUT2D eigenvalue weighted by molar-refractivity contribution is 0.262. The number of rotatable bonds is 5. The third kappa shape index (κ3) is 4.22. The first kappa shape index (κ1) is 18.0. The average molecular weight is 360 g/mol. The molecule has 0 saturated carbocycles. The van der Waals surface area contributed by atoms with Crippen LogP contribution in [0.15, 0.2) is 52.3 Å². The standard InChI is InChI=1S/C20H24O4S/c1-14-9-16(23-12-17-13-24-17)11-19(10-14)25(21,22)18-7-5-15(6-8-18)20(2,3)4/h5-11,17H,12-13H2,1-4H3. The summed E-state index contributed by atoms with van der Waals surface area (Å²) in [6.07, 6.45) is 0.130. The van der Waals surface area contributed by atoms with E-state index in [1.54, 1.807) is 24.3 Å². The SMILES string of the molecule is Cc1cc(OCC2CO2)cc(S(=O)(=O)c2ccc(C(C)(C)C)cc2)c1. The molecular formula is C20H24O4S. The van der Waals surface area contributed by atoms with Crippen LogP contribution in [0.3, 0.4) is 0 Å². The molecule has 25 heavy (non-hydrogen) atoms. The molecular weight excluding hydrogens is 336 g/mol. The summed E-state index contributed by atoms with van der Waals surface area (Å²) in [6.45, 7) is 9.32. The fourth-order valence-corrected chi connectivity index (χ4v) is 3.95. The zero-order valence-electron chi connectivity index (χ0n) is 15.1.